The highest BCUT2D eigenvalue weighted by Gasteiger charge is 2.13. The van der Waals surface area contributed by atoms with Crippen LogP contribution in [0.4, 0.5) is 0 Å². The number of morpholine rings is 1. The second-order valence-electron chi connectivity index (χ2n) is 5.50. The maximum absolute atomic E-state index is 11.8. The summed E-state index contributed by atoms with van der Waals surface area (Å²) in [6.07, 6.45) is 3.75. The van der Waals surface area contributed by atoms with E-state index in [1.54, 1.807) is 6.21 Å². The molecule has 3 rings (SSSR count). The van der Waals surface area contributed by atoms with E-state index in [4.69, 9.17) is 9.47 Å². The summed E-state index contributed by atoms with van der Waals surface area (Å²) < 4.78 is 10.8. The Morgan fingerprint density at radius 1 is 1.32 bits per heavy atom. The number of rotatable bonds is 4. The molecule has 0 spiro atoms. The lowest BCUT2D eigenvalue weighted by molar-refractivity contribution is -0.123. The second kappa shape index (κ2) is 7.38. The molecule has 1 fully saturated rings. The van der Waals surface area contributed by atoms with E-state index in [0.717, 1.165) is 43.9 Å². The van der Waals surface area contributed by atoms with Crippen molar-refractivity contribution >= 4 is 12.1 Å². The first-order valence-electron chi connectivity index (χ1n) is 7.69. The predicted molar refractivity (Wildman–Crippen MR) is 83.3 cm³/mol. The SMILES string of the molecule is O=C(CN1CCOCC1)N/N=C\c1ccc2c(c1)CCCO2. The maximum Gasteiger partial charge on any atom is 0.254 e. The van der Waals surface area contributed by atoms with Gasteiger partial charge in [-0.25, -0.2) is 5.43 Å². The van der Waals surface area contributed by atoms with Crippen molar-refractivity contribution in [1.29, 1.82) is 0 Å². The number of hydrazone groups is 1. The van der Waals surface area contributed by atoms with E-state index in [-0.39, 0.29) is 5.91 Å². The van der Waals surface area contributed by atoms with Gasteiger partial charge in [0.05, 0.1) is 32.6 Å². The summed E-state index contributed by atoms with van der Waals surface area (Å²) in [6, 6.07) is 5.97. The van der Waals surface area contributed by atoms with E-state index in [9.17, 15) is 4.79 Å². The Morgan fingerprint density at radius 2 is 2.18 bits per heavy atom. The molecule has 2 heterocycles. The number of hydrogen-bond acceptors (Lipinski definition) is 5. The normalized spacial score (nSPS) is 18.7. The molecule has 0 atom stereocenters. The van der Waals surface area contributed by atoms with Crippen LogP contribution in [0.15, 0.2) is 23.3 Å². The molecule has 0 aromatic heterocycles. The van der Waals surface area contributed by atoms with Gasteiger partial charge in [-0.15, -0.1) is 0 Å². The third-order valence-electron chi connectivity index (χ3n) is 3.81. The molecule has 22 heavy (non-hydrogen) atoms. The molecular weight excluding hydrogens is 282 g/mol. The van der Waals surface area contributed by atoms with E-state index >= 15 is 0 Å². The Labute approximate surface area is 130 Å². The van der Waals surface area contributed by atoms with Gasteiger partial charge in [0.1, 0.15) is 5.75 Å². The van der Waals surface area contributed by atoms with E-state index in [1.807, 2.05) is 12.1 Å². The third-order valence-corrected chi connectivity index (χ3v) is 3.81. The summed E-state index contributed by atoms with van der Waals surface area (Å²) in [6.45, 7) is 4.11. The van der Waals surface area contributed by atoms with Gasteiger partial charge >= 0.3 is 0 Å². The molecule has 0 aliphatic carbocycles. The highest BCUT2D eigenvalue weighted by Crippen LogP contribution is 2.24. The summed E-state index contributed by atoms with van der Waals surface area (Å²) in [5.41, 5.74) is 4.75. The monoisotopic (exact) mass is 303 g/mol. The fraction of sp³-hybridized carbons (Fsp3) is 0.500. The number of nitrogens with one attached hydrogen (secondary N) is 1. The van der Waals surface area contributed by atoms with Crippen molar-refractivity contribution in [2.24, 2.45) is 5.10 Å². The summed E-state index contributed by atoms with van der Waals surface area (Å²) >= 11 is 0. The van der Waals surface area contributed by atoms with Crippen molar-refractivity contribution in [3.63, 3.8) is 0 Å². The molecule has 1 aromatic carbocycles. The quantitative estimate of drug-likeness (QED) is 0.660. The van der Waals surface area contributed by atoms with Crippen molar-refractivity contribution in [2.75, 3.05) is 39.5 Å². The van der Waals surface area contributed by atoms with Crippen LogP contribution >= 0.6 is 0 Å². The Hall–Kier alpha value is -1.92. The summed E-state index contributed by atoms with van der Waals surface area (Å²) in [5.74, 6) is 0.860. The second-order valence-corrected chi connectivity index (χ2v) is 5.50. The Kier molecular flexibility index (Phi) is 5.03. The first-order chi connectivity index (χ1) is 10.8. The van der Waals surface area contributed by atoms with Crippen molar-refractivity contribution in [1.82, 2.24) is 10.3 Å². The van der Waals surface area contributed by atoms with Crippen LogP contribution in [0.3, 0.4) is 0 Å². The highest BCUT2D eigenvalue weighted by molar-refractivity contribution is 5.83. The molecule has 6 nitrogen and oxygen atoms in total. The Bertz CT molecular complexity index is 554. The average Bonchev–Trinajstić information content (AvgIpc) is 2.55. The fourth-order valence-electron chi connectivity index (χ4n) is 2.64. The minimum Gasteiger partial charge on any atom is -0.493 e. The molecule has 0 unspecified atom stereocenters. The van der Waals surface area contributed by atoms with Crippen LogP contribution in [0.25, 0.3) is 0 Å². The third kappa shape index (κ3) is 4.05. The number of benzene rings is 1. The van der Waals surface area contributed by atoms with Gasteiger partial charge in [0, 0.05) is 13.1 Å². The van der Waals surface area contributed by atoms with Gasteiger partial charge in [-0.1, -0.05) is 0 Å². The van der Waals surface area contributed by atoms with Crippen LogP contribution in [0.1, 0.15) is 17.5 Å². The number of hydrogen-bond donors (Lipinski definition) is 1. The largest absolute Gasteiger partial charge is 0.493 e. The highest BCUT2D eigenvalue weighted by atomic mass is 16.5. The molecule has 0 saturated carbocycles. The molecule has 6 heteroatoms. The number of ether oxygens (including phenoxy) is 2. The van der Waals surface area contributed by atoms with Gasteiger partial charge in [-0.2, -0.15) is 5.10 Å². The zero-order valence-electron chi connectivity index (χ0n) is 12.6. The zero-order valence-corrected chi connectivity index (χ0v) is 12.6. The number of carbonyl (C=O) groups excluding carboxylic acids is 1. The van der Waals surface area contributed by atoms with Gasteiger partial charge in [-0.05, 0) is 42.2 Å². The van der Waals surface area contributed by atoms with Gasteiger partial charge in [-0.3, -0.25) is 9.69 Å². The molecule has 2 aliphatic heterocycles. The Balaban J connectivity index is 1.50. The lowest BCUT2D eigenvalue weighted by Crippen LogP contribution is -2.42. The lowest BCUT2D eigenvalue weighted by Gasteiger charge is -2.25. The lowest BCUT2D eigenvalue weighted by atomic mass is 10.0. The number of fused-ring (bicyclic) bond motifs is 1. The minimum atomic E-state index is -0.0977. The molecule has 1 N–H and O–H groups in total. The number of nitrogens with zero attached hydrogens (tertiary/aromatic N) is 2. The first-order valence-corrected chi connectivity index (χ1v) is 7.69. The molecule has 1 aromatic rings. The van der Waals surface area contributed by atoms with Crippen LogP contribution < -0.4 is 10.2 Å². The summed E-state index contributed by atoms with van der Waals surface area (Å²) in [5, 5.41) is 4.03. The van der Waals surface area contributed by atoms with Crippen molar-refractivity contribution in [2.45, 2.75) is 12.8 Å². The summed E-state index contributed by atoms with van der Waals surface area (Å²) in [4.78, 5) is 13.9. The molecule has 0 radical (unpaired) electrons. The van der Waals surface area contributed by atoms with Crippen LogP contribution in [0, 0.1) is 0 Å². The van der Waals surface area contributed by atoms with Crippen LogP contribution in [0.2, 0.25) is 0 Å². The van der Waals surface area contributed by atoms with Crippen LogP contribution in [-0.4, -0.2) is 56.5 Å². The van der Waals surface area contributed by atoms with Crippen LogP contribution in [-0.2, 0) is 16.0 Å². The van der Waals surface area contributed by atoms with E-state index < -0.39 is 0 Å². The maximum atomic E-state index is 11.8. The standard InChI is InChI=1S/C16H21N3O3/c20-16(12-19-5-8-21-9-6-19)18-17-11-13-3-4-15-14(10-13)2-1-7-22-15/h3-4,10-11H,1-2,5-9,12H2,(H,18,20)/b17-11-. The van der Waals surface area contributed by atoms with E-state index in [2.05, 4.69) is 21.5 Å². The Morgan fingerprint density at radius 3 is 3.05 bits per heavy atom. The zero-order chi connectivity index (χ0) is 15.2. The van der Waals surface area contributed by atoms with Gasteiger partial charge in [0.25, 0.3) is 5.91 Å². The van der Waals surface area contributed by atoms with Gasteiger partial charge in [0.2, 0.25) is 0 Å². The van der Waals surface area contributed by atoms with Gasteiger partial charge < -0.3 is 9.47 Å². The minimum absolute atomic E-state index is 0.0977. The molecule has 1 saturated heterocycles. The first kappa shape index (κ1) is 15.0. The molecule has 118 valence electrons. The van der Waals surface area contributed by atoms with Gasteiger partial charge in [0.15, 0.2) is 0 Å². The van der Waals surface area contributed by atoms with Crippen molar-refractivity contribution < 1.29 is 14.3 Å². The molecule has 2 aliphatic rings. The predicted octanol–water partition coefficient (Wildman–Crippen LogP) is 0.794. The van der Waals surface area contributed by atoms with E-state index in [0.29, 0.717) is 19.8 Å². The smallest absolute Gasteiger partial charge is 0.254 e. The van der Waals surface area contributed by atoms with Crippen molar-refractivity contribution in [3.05, 3.63) is 29.3 Å². The average molecular weight is 303 g/mol. The fourth-order valence-corrected chi connectivity index (χ4v) is 2.64. The topological polar surface area (TPSA) is 63.2 Å². The summed E-state index contributed by atoms with van der Waals surface area (Å²) in [7, 11) is 0. The number of aryl methyl sites for hydroxylation is 1. The van der Waals surface area contributed by atoms with Crippen LogP contribution in [0.5, 0.6) is 5.75 Å². The molecule has 1 amide bonds. The molecular formula is C16H21N3O3. The molecule has 0 bridgehead atoms. The number of carbonyl (C=O) groups is 1. The van der Waals surface area contributed by atoms with E-state index in [1.165, 1.54) is 5.56 Å². The number of amides is 1. The van der Waals surface area contributed by atoms with Crippen molar-refractivity contribution in [3.8, 4) is 5.75 Å².